The fourth-order valence-corrected chi connectivity index (χ4v) is 3.85. The summed E-state index contributed by atoms with van der Waals surface area (Å²) in [6.07, 6.45) is 0. The quantitative estimate of drug-likeness (QED) is 0.744. The predicted octanol–water partition coefficient (Wildman–Crippen LogP) is 1.68. The molecule has 0 aromatic carbocycles. The second-order valence-electron chi connectivity index (χ2n) is 8.09. The maximum Gasteiger partial charge on any atom is 0.0554 e. The van der Waals surface area contributed by atoms with Gasteiger partial charge in [0.2, 0.25) is 0 Å². The van der Waals surface area contributed by atoms with Crippen molar-refractivity contribution in [1.82, 2.24) is 9.80 Å². The van der Waals surface area contributed by atoms with E-state index in [-0.39, 0.29) is 0 Å². The van der Waals surface area contributed by atoms with Gasteiger partial charge >= 0.3 is 0 Å². The van der Waals surface area contributed by atoms with E-state index >= 15 is 0 Å². The lowest BCUT2D eigenvalue weighted by molar-refractivity contribution is -0.113. The molecular weight excluding hydrogens is 224 g/mol. The molecule has 3 heteroatoms. The van der Waals surface area contributed by atoms with Crippen LogP contribution in [0, 0.1) is 17.3 Å². The van der Waals surface area contributed by atoms with Crippen molar-refractivity contribution in [3.63, 3.8) is 0 Å². The van der Waals surface area contributed by atoms with Gasteiger partial charge in [-0.3, -0.25) is 4.90 Å². The number of likely N-dealkylation sites (tertiary alicyclic amines) is 2. The van der Waals surface area contributed by atoms with E-state index in [0.29, 0.717) is 11.0 Å². The minimum atomic E-state index is 0.350. The van der Waals surface area contributed by atoms with E-state index in [0.717, 1.165) is 25.0 Å². The Hall–Kier alpha value is -0.120. The molecule has 3 nitrogen and oxygen atoms in total. The fraction of sp³-hybridized carbons (Fsp3) is 1.00. The van der Waals surface area contributed by atoms with Crippen molar-refractivity contribution in [2.45, 2.75) is 33.2 Å². The molecule has 0 saturated carbocycles. The minimum absolute atomic E-state index is 0.350. The molecule has 0 spiro atoms. The van der Waals surface area contributed by atoms with Gasteiger partial charge in [-0.1, -0.05) is 6.92 Å². The van der Waals surface area contributed by atoms with Gasteiger partial charge < -0.3 is 9.64 Å². The normalized spacial score (nSPS) is 36.7. The molecule has 0 amide bonds. The Balaban J connectivity index is 1.53. The first kappa shape index (κ1) is 12.9. The topological polar surface area (TPSA) is 15.7 Å². The van der Waals surface area contributed by atoms with Gasteiger partial charge in [0.05, 0.1) is 13.2 Å². The Morgan fingerprint density at radius 3 is 2.00 bits per heavy atom. The van der Waals surface area contributed by atoms with Crippen LogP contribution in [-0.4, -0.2) is 61.3 Å². The van der Waals surface area contributed by atoms with Crippen LogP contribution < -0.4 is 0 Å². The van der Waals surface area contributed by atoms with Crippen LogP contribution in [0.3, 0.4) is 0 Å². The lowest BCUT2D eigenvalue weighted by atomic mass is 9.88. The monoisotopic (exact) mass is 252 g/mol. The van der Waals surface area contributed by atoms with Crippen LogP contribution in [0.25, 0.3) is 0 Å². The lowest BCUT2D eigenvalue weighted by Gasteiger charge is -2.41. The first-order valence-electron chi connectivity index (χ1n) is 7.41. The summed E-state index contributed by atoms with van der Waals surface area (Å²) in [4.78, 5) is 5.37. The molecule has 0 unspecified atom stereocenters. The average Bonchev–Trinajstić information content (AvgIpc) is 2.71. The van der Waals surface area contributed by atoms with Crippen molar-refractivity contribution in [1.29, 1.82) is 0 Å². The summed E-state index contributed by atoms with van der Waals surface area (Å²) in [6.45, 7) is 17.8. The van der Waals surface area contributed by atoms with Gasteiger partial charge in [0.1, 0.15) is 0 Å². The highest BCUT2D eigenvalue weighted by Crippen LogP contribution is 2.37. The van der Waals surface area contributed by atoms with Gasteiger partial charge in [0, 0.05) is 43.7 Å². The fourth-order valence-electron chi connectivity index (χ4n) is 3.85. The van der Waals surface area contributed by atoms with Gasteiger partial charge in [0.25, 0.3) is 0 Å². The Morgan fingerprint density at radius 2 is 1.61 bits per heavy atom. The molecule has 104 valence electrons. The third-order valence-electron chi connectivity index (χ3n) is 5.02. The first-order valence-corrected chi connectivity index (χ1v) is 7.41. The molecule has 3 saturated heterocycles. The second-order valence-corrected chi connectivity index (χ2v) is 8.09. The minimum Gasteiger partial charge on any atom is -0.380 e. The Kier molecular flexibility index (Phi) is 3.00. The van der Waals surface area contributed by atoms with Crippen LogP contribution in [0.15, 0.2) is 0 Å². The summed E-state index contributed by atoms with van der Waals surface area (Å²) in [5.41, 5.74) is 0.797. The lowest BCUT2D eigenvalue weighted by Crippen LogP contribution is -2.49. The van der Waals surface area contributed by atoms with Crippen molar-refractivity contribution >= 4 is 0 Å². The van der Waals surface area contributed by atoms with E-state index in [1.54, 1.807) is 0 Å². The third kappa shape index (κ3) is 2.33. The van der Waals surface area contributed by atoms with E-state index in [1.807, 2.05) is 0 Å². The number of hydrogen-bond donors (Lipinski definition) is 0. The third-order valence-corrected chi connectivity index (χ3v) is 5.02. The summed E-state index contributed by atoms with van der Waals surface area (Å²) >= 11 is 0. The first-order chi connectivity index (χ1) is 8.36. The van der Waals surface area contributed by atoms with E-state index in [1.165, 1.54) is 32.7 Å². The summed E-state index contributed by atoms with van der Waals surface area (Å²) in [7, 11) is 0. The van der Waals surface area contributed by atoms with Gasteiger partial charge in [0.15, 0.2) is 0 Å². The molecule has 0 bridgehead atoms. The van der Waals surface area contributed by atoms with Crippen molar-refractivity contribution in [3.8, 4) is 0 Å². The molecular formula is C15H28N2O. The molecule has 3 aliphatic heterocycles. The molecule has 3 rings (SSSR count). The standard InChI is InChI=1S/C15H28N2O/c1-14(2,3)17-7-12-5-16(6-13(12)8-17)9-15(4)10-18-11-15/h12-13H,5-11H2,1-4H3/t12-,13+. The number of nitrogens with zero attached hydrogens (tertiary/aromatic N) is 2. The number of fused-ring (bicyclic) bond motifs is 1. The molecule has 18 heavy (non-hydrogen) atoms. The zero-order valence-electron chi connectivity index (χ0n) is 12.4. The van der Waals surface area contributed by atoms with Crippen LogP contribution in [-0.2, 0) is 4.74 Å². The largest absolute Gasteiger partial charge is 0.380 e. The van der Waals surface area contributed by atoms with Crippen LogP contribution >= 0.6 is 0 Å². The van der Waals surface area contributed by atoms with Crippen LogP contribution in [0.5, 0.6) is 0 Å². The summed E-state index contributed by atoms with van der Waals surface area (Å²) in [5.74, 6) is 1.82. The maximum atomic E-state index is 5.37. The van der Waals surface area contributed by atoms with E-state index in [9.17, 15) is 0 Å². The molecule has 3 fully saturated rings. The van der Waals surface area contributed by atoms with Crippen LogP contribution in [0.2, 0.25) is 0 Å². The highest BCUT2D eigenvalue weighted by molar-refractivity contribution is 4.98. The van der Waals surface area contributed by atoms with Gasteiger partial charge in [-0.15, -0.1) is 0 Å². The van der Waals surface area contributed by atoms with Crippen molar-refractivity contribution < 1.29 is 4.74 Å². The highest BCUT2D eigenvalue weighted by atomic mass is 16.5. The molecule has 3 aliphatic rings. The Morgan fingerprint density at radius 1 is 1.06 bits per heavy atom. The summed E-state index contributed by atoms with van der Waals surface area (Å²) in [6, 6.07) is 0. The van der Waals surface area contributed by atoms with Crippen molar-refractivity contribution in [3.05, 3.63) is 0 Å². The zero-order chi connectivity index (χ0) is 13.0. The van der Waals surface area contributed by atoms with E-state index in [2.05, 4.69) is 37.5 Å². The second kappa shape index (κ2) is 4.19. The summed E-state index contributed by atoms with van der Waals surface area (Å²) < 4.78 is 5.37. The average molecular weight is 252 g/mol. The highest BCUT2D eigenvalue weighted by Gasteiger charge is 2.45. The molecule has 0 aromatic rings. The van der Waals surface area contributed by atoms with Crippen LogP contribution in [0.1, 0.15) is 27.7 Å². The molecule has 0 radical (unpaired) electrons. The van der Waals surface area contributed by atoms with Gasteiger partial charge in [-0.2, -0.15) is 0 Å². The molecule has 0 aromatic heterocycles. The van der Waals surface area contributed by atoms with Crippen LogP contribution in [0.4, 0.5) is 0 Å². The van der Waals surface area contributed by atoms with Gasteiger partial charge in [-0.05, 0) is 32.6 Å². The van der Waals surface area contributed by atoms with E-state index in [4.69, 9.17) is 4.74 Å². The molecule has 0 N–H and O–H groups in total. The number of ether oxygens (including phenoxy) is 1. The van der Waals surface area contributed by atoms with Gasteiger partial charge in [-0.25, -0.2) is 0 Å². The molecule has 2 atom stereocenters. The van der Waals surface area contributed by atoms with Crippen molar-refractivity contribution in [2.24, 2.45) is 17.3 Å². The SMILES string of the molecule is CC1(CN2C[C@@H]3CN(C(C)(C)C)C[C@@H]3C2)COC1. The summed E-state index contributed by atoms with van der Waals surface area (Å²) in [5, 5.41) is 0. The smallest absolute Gasteiger partial charge is 0.0554 e. The molecule has 3 heterocycles. The number of rotatable bonds is 2. The Labute approximate surface area is 111 Å². The predicted molar refractivity (Wildman–Crippen MR) is 73.7 cm³/mol. The maximum absolute atomic E-state index is 5.37. The Bertz CT molecular complexity index is 305. The van der Waals surface area contributed by atoms with Crippen molar-refractivity contribution in [2.75, 3.05) is 45.9 Å². The van der Waals surface area contributed by atoms with E-state index < -0.39 is 0 Å². The zero-order valence-corrected chi connectivity index (χ0v) is 12.4. The molecule has 0 aliphatic carbocycles. The number of hydrogen-bond acceptors (Lipinski definition) is 3.